The number of nitrogens with zero attached hydrogens (tertiary/aromatic N) is 1. The number of thiophene rings is 1. The molecule has 0 radical (unpaired) electrons. The monoisotopic (exact) mass is 350 g/mol. The van der Waals surface area contributed by atoms with Crippen LogP contribution < -0.4 is 5.32 Å². The molecule has 0 aliphatic heterocycles. The second-order valence-corrected chi connectivity index (χ2v) is 5.71. The maximum atomic E-state index is 12.4. The number of amides is 1. The third-order valence-corrected chi connectivity index (χ3v) is 3.90. The molecule has 1 heterocycles. The Kier molecular flexibility index (Phi) is 4.38. The van der Waals surface area contributed by atoms with Crippen molar-refractivity contribution < 1.29 is 22.9 Å². The van der Waals surface area contributed by atoms with E-state index in [1.165, 1.54) is 0 Å². The number of carbonyl (C=O) groups is 1. The van der Waals surface area contributed by atoms with Gasteiger partial charge in [-0.2, -0.15) is 13.2 Å². The highest BCUT2D eigenvalue weighted by Gasteiger charge is 2.30. The summed E-state index contributed by atoms with van der Waals surface area (Å²) < 4.78 is 37.1. The highest BCUT2D eigenvalue weighted by molar-refractivity contribution is 7.18. The lowest BCUT2D eigenvalue weighted by Gasteiger charge is -2.08. The number of nitrogens with one attached hydrogen (secondary N) is 1. The molecule has 0 aliphatic carbocycles. The van der Waals surface area contributed by atoms with E-state index < -0.39 is 28.3 Å². The lowest BCUT2D eigenvalue weighted by Crippen LogP contribution is -2.11. The molecule has 1 aromatic heterocycles. The number of carbonyl (C=O) groups excluding carboxylic acids is 1. The molecule has 5 nitrogen and oxygen atoms in total. The highest BCUT2D eigenvalue weighted by Crippen LogP contribution is 2.34. The fourth-order valence-corrected chi connectivity index (χ4v) is 2.65. The zero-order valence-electron chi connectivity index (χ0n) is 10.5. The molecule has 22 heavy (non-hydrogen) atoms. The Labute approximate surface area is 130 Å². The Morgan fingerprint density at radius 3 is 2.32 bits per heavy atom. The molecule has 1 amide bonds. The number of hydrogen-bond donors (Lipinski definition) is 1. The highest BCUT2D eigenvalue weighted by atomic mass is 35.5. The summed E-state index contributed by atoms with van der Waals surface area (Å²) in [6.07, 6.45) is -4.47. The molecule has 1 aromatic carbocycles. The summed E-state index contributed by atoms with van der Waals surface area (Å²) in [6.45, 7) is 0. The Hall–Kier alpha value is -2.13. The smallest absolute Gasteiger partial charge is 0.321 e. The lowest BCUT2D eigenvalue weighted by molar-refractivity contribution is -0.384. The van der Waals surface area contributed by atoms with Crippen molar-refractivity contribution in [1.29, 1.82) is 0 Å². The van der Waals surface area contributed by atoms with Crippen LogP contribution in [-0.2, 0) is 6.18 Å². The van der Waals surface area contributed by atoms with Crippen molar-refractivity contribution in [3.8, 4) is 0 Å². The molecular weight excluding hydrogens is 345 g/mol. The average molecular weight is 351 g/mol. The third-order valence-electron chi connectivity index (χ3n) is 2.56. The summed E-state index contributed by atoms with van der Waals surface area (Å²) in [7, 11) is 0. The van der Waals surface area contributed by atoms with Crippen molar-refractivity contribution in [1.82, 2.24) is 0 Å². The molecule has 0 spiro atoms. The fraction of sp³-hybridized carbons (Fsp3) is 0.0833. The number of benzene rings is 1. The second-order valence-electron chi connectivity index (χ2n) is 4.06. The van der Waals surface area contributed by atoms with E-state index in [2.05, 4.69) is 5.32 Å². The van der Waals surface area contributed by atoms with E-state index in [0.29, 0.717) is 11.3 Å². The van der Waals surface area contributed by atoms with Gasteiger partial charge in [0.1, 0.15) is 4.88 Å². The van der Waals surface area contributed by atoms with Gasteiger partial charge in [-0.05, 0) is 24.3 Å². The first-order valence-corrected chi connectivity index (χ1v) is 6.80. The number of nitro groups is 1. The summed E-state index contributed by atoms with van der Waals surface area (Å²) in [5.41, 5.74) is -1.12. The standard InChI is InChI=1S/C12H6ClF3N2O3S/c13-10-8(18(20)21)5-9(22-10)11(19)17-7-3-1-6(2-4-7)12(14,15)16/h1-5H,(H,17,19). The maximum Gasteiger partial charge on any atom is 0.416 e. The molecule has 0 bridgehead atoms. The maximum absolute atomic E-state index is 12.4. The van der Waals surface area contributed by atoms with Crippen molar-refractivity contribution in [2.75, 3.05) is 5.32 Å². The second kappa shape index (κ2) is 5.93. The minimum atomic E-state index is -4.47. The van der Waals surface area contributed by atoms with Crippen LogP contribution in [0.4, 0.5) is 24.5 Å². The Morgan fingerprint density at radius 1 is 1.27 bits per heavy atom. The van der Waals surface area contributed by atoms with Gasteiger partial charge in [0.2, 0.25) is 0 Å². The van der Waals surface area contributed by atoms with E-state index in [4.69, 9.17) is 11.6 Å². The first-order valence-electron chi connectivity index (χ1n) is 5.61. The van der Waals surface area contributed by atoms with E-state index in [0.717, 1.165) is 30.3 Å². The number of anilines is 1. The Bertz CT molecular complexity index is 728. The van der Waals surface area contributed by atoms with Crippen LogP contribution >= 0.6 is 22.9 Å². The van der Waals surface area contributed by atoms with E-state index >= 15 is 0 Å². The van der Waals surface area contributed by atoms with Crippen LogP contribution in [0.3, 0.4) is 0 Å². The number of hydrogen-bond acceptors (Lipinski definition) is 4. The molecule has 10 heteroatoms. The van der Waals surface area contributed by atoms with Gasteiger partial charge in [-0.1, -0.05) is 11.6 Å². The zero-order valence-corrected chi connectivity index (χ0v) is 12.1. The van der Waals surface area contributed by atoms with Gasteiger partial charge < -0.3 is 5.32 Å². The molecule has 0 saturated carbocycles. The van der Waals surface area contributed by atoms with E-state index in [1.54, 1.807) is 0 Å². The summed E-state index contributed by atoms with van der Waals surface area (Å²) in [6, 6.07) is 4.82. The van der Waals surface area contributed by atoms with Crippen LogP contribution in [0, 0.1) is 10.1 Å². The van der Waals surface area contributed by atoms with Gasteiger partial charge >= 0.3 is 6.18 Å². The largest absolute Gasteiger partial charge is 0.416 e. The fourth-order valence-electron chi connectivity index (χ4n) is 1.53. The van der Waals surface area contributed by atoms with Crippen LogP contribution in [0.2, 0.25) is 4.34 Å². The van der Waals surface area contributed by atoms with Gasteiger partial charge in [-0.3, -0.25) is 14.9 Å². The Balaban J connectivity index is 2.15. The number of rotatable bonds is 3. The van der Waals surface area contributed by atoms with Crippen LogP contribution in [0.1, 0.15) is 15.2 Å². The van der Waals surface area contributed by atoms with Crippen LogP contribution in [0.15, 0.2) is 30.3 Å². The molecular formula is C12H6ClF3N2O3S. The lowest BCUT2D eigenvalue weighted by atomic mass is 10.2. The van der Waals surface area contributed by atoms with Crippen molar-refractivity contribution in [3.63, 3.8) is 0 Å². The Morgan fingerprint density at radius 2 is 1.86 bits per heavy atom. The van der Waals surface area contributed by atoms with Crippen molar-refractivity contribution in [2.24, 2.45) is 0 Å². The topological polar surface area (TPSA) is 72.2 Å². The van der Waals surface area contributed by atoms with Crippen LogP contribution in [0.25, 0.3) is 0 Å². The van der Waals surface area contributed by atoms with Crippen LogP contribution in [0.5, 0.6) is 0 Å². The normalized spacial score (nSPS) is 11.3. The number of alkyl halides is 3. The van der Waals surface area contributed by atoms with Gasteiger partial charge in [0.25, 0.3) is 11.6 Å². The van der Waals surface area contributed by atoms with Gasteiger partial charge in [-0.15, -0.1) is 11.3 Å². The van der Waals surface area contributed by atoms with Crippen molar-refractivity contribution in [3.05, 3.63) is 55.2 Å². The number of halogens is 4. The molecule has 0 aliphatic rings. The minimum absolute atomic E-state index is 0.0170. The molecule has 0 unspecified atom stereocenters. The quantitative estimate of drug-likeness (QED) is 0.650. The summed E-state index contributed by atoms with van der Waals surface area (Å²) in [5, 5.41) is 13.0. The minimum Gasteiger partial charge on any atom is -0.321 e. The average Bonchev–Trinajstić information content (AvgIpc) is 2.80. The first-order chi connectivity index (χ1) is 10.2. The predicted molar refractivity (Wildman–Crippen MR) is 75.4 cm³/mol. The van der Waals surface area contributed by atoms with Gasteiger partial charge in [-0.25, -0.2) is 0 Å². The molecule has 0 fully saturated rings. The summed E-state index contributed by atoms with van der Waals surface area (Å²) >= 11 is 6.34. The molecule has 0 atom stereocenters. The molecule has 2 aromatic rings. The predicted octanol–water partition coefficient (Wildman–Crippen LogP) is 4.58. The van der Waals surface area contributed by atoms with Crippen molar-refractivity contribution in [2.45, 2.75) is 6.18 Å². The van der Waals surface area contributed by atoms with Gasteiger partial charge in [0.15, 0.2) is 4.34 Å². The molecule has 0 saturated heterocycles. The summed E-state index contributed by atoms with van der Waals surface area (Å²) in [5.74, 6) is -0.695. The van der Waals surface area contributed by atoms with Crippen molar-refractivity contribution >= 4 is 40.2 Å². The first kappa shape index (κ1) is 16.2. The van der Waals surface area contributed by atoms with E-state index in [9.17, 15) is 28.1 Å². The third kappa shape index (κ3) is 3.55. The summed E-state index contributed by atoms with van der Waals surface area (Å²) in [4.78, 5) is 21.8. The SMILES string of the molecule is O=C(Nc1ccc(C(F)(F)F)cc1)c1cc([N+](=O)[O-])c(Cl)s1. The molecule has 2 rings (SSSR count). The molecule has 116 valence electrons. The zero-order chi connectivity index (χ0) is 16.5. The molecule has 1 N–H and O–H groups in total. The van der Waals surface area contributed by atoms with E-state index in [-0.39, 0.29) is 14.9 Å². The van der Waals surface area contributed by atoms with Gasteiger partial charge in [0.05, 0.1) is 10.5 Å². The van der Waals surface area contributed by atoms with Gasteiger partial charge in [0, 0.05) is 11.8 Å². The van der Waals surface area contributed by atoms with Crippen LogP contribution in [-0.4, -0.2) is 10.8 Å². The van der Waals surface area contributed by atoms with E-state index in [1.807, 2.05) is 0 Å².